The van der Waals surface area contributed by atoms with Gasteiger partial charge in [-0.2, -0.15) is 26.3 Å². The summed E-state index contributed by atoms with van der Waals surface area (Å²) < 4.78 is 82.7. The highest BCUT2D eigenvalue weighted by atomic mass is 19.4. The van der Waals surface area contributed by atoms with E-state index in [0.717, 1.165) is 13.3 Å². The molecule has 0 aromatic carbocycles. The molecule has 0 aliphatic rings. The quantitative estimate of drug-likeness (QED) is 0.221. The Kier molecular flexibility index (Phi) is 32.0. The van der Waals surface area contributed by atoms with Crippen LogP contribution in [0.2, 0.25) is 0 Å². The number of alkyl halides is 6. The first-order chi connectivity index (χ1) is 14.5. The maximum absolute atomic E-state index is 13.8. The van der Waals surface area contributed by atoms with Gasteiger partial charge in [0.2, 0.25) is 0 Å². The van der Waals surface area contributed by atoms with Crippen LogP contribution in [0.3, 0.4) is 0 Å². The van der Waals surface area contributed by atoms with E-state index < -0.39 is 29.6 Å². The first-order valence-corrected chi connectivity index (χ1v) is 12.6. The van der Waals surface area contributed by atoms with Crippen molar-refractivity contribution in [2.75, 3.05) is 0 Å². The van der Waals surface area contributed by atoms with Crippen LogP contribution < -0.4 is 0 Å². The maximum atomic E-state index is 13.8. The first kappa shape index (κ1) is 40.9. The van der Waals surface area contributed by atoms with Gasteiger partial charge in [-0.25, -0.2) is 0 Å². The Morgan fingerprint density at radius 1 is 0.548 bits per heavy atom. The number of hydrogen-bond acceptors (Lipinski definition) is 0. The standard InChI is InChI=1S/C17H30F6.4C2H6/c1-5-8-10-11-13(4)15(16(18,19)20,17(21,22)23)14(7-3)12-9-6-2;4*1-2/h13-14H,5-12H2,1-4H3;4*1-2H3. The number of halogens is 6. The van der Waals surface area contributed by atoms with Crippen LogP contribution in [-0.4, -0.2) is 12.4 Å². The summed E-state index contributed by atoms with van der Waals surface area (Å²) >= 11 is 0. The minimum Gasteiger partial charge on any atom is -0.170 e. The molecule has 0 amide bonds. The van der Waals surface area contributed by atoms with Gasteiger partial charge in [-0.3, -0.25) is 0 Å². The summed E-state index contributed by atoms with van der Waals surface area (Å²) in [6, 6.07) is 0. The molecule has 0 aromatic rings. The normalized spacial score (nSPS) is 13.0. The number of rotatable bonds is 10. The van der Waals surface area contributed by atoms with E-state index in [9.17, 15) is 26.3 Å². The molecule has 0 spiro atoms. The SMILES string of the molecule is CC.CC.CC.CC.CCCCCC(C)C(C(CC)CCCC)(C(F)(F)F)C(F)(F)F. The third-order valence-corrected chi connectivity index (χ3v) is 5.00. The highest BCUT2D eigenvalue weighted by Crippen LogP contribution is 2.62. The molecular weight excluding hydrogens is 414 g/mol. The van der Waals surface area contributed by atoms with Crippen LogP contribution in [0, 0.1) is 17.3 Å². The van der Waals surface area contributed by atoms with Gasteiger partial charge >= 0.3 is 12.4 Å². The summed E-state index contributed by atoms with van der Waals surface area (Å²) in [5.74, 6) is -2.88. The molecule has 196 valence electrons. The first-order valence-electron chi connectivity index (χ1n) is 12.6. The fraction of sp³-hybridized carbons (Fsp3) is 1.00. The molecule has 0 N–H and O–H groups in total. The van der Waals surface area contributed by atoms with E-state index in [-0.39, 0.29) is 19.3 Å². The maximum Gasteiger partial charge on any atom is 0.403 e. The van der Waals surface area contributed by atoms with Crippen molar-refractivity contribution in [1.82, 2.24) is 0 Å². The lowest BCUT2D eigenvalue weighted by Crippen LogP contribution is -2.58. The van der Waals surface area contributed by atoms with E-state index in [1.54, 1.807) is 6.92 Å². The van der Waals surface area contributed by atoms with Crippen LogP contribution in [0.25, 0.3) is 0 Å². The highest BCUT2D eigenvalue weighted by Gasteiger charge is 2.74. The minimum absolute atomic E-state index is 0.0376. The van der Waals surface area contributed by atoms with Crippen LogP contribution in [0.4, 0.5) is 26.3 Å². The summed E-state index contributed by atoms with van der Waals surface area (Å²) in [6.45, 7) is 22.2. The van der Waals surface area contributed by atoms with Crippen LogP contribution in [0.1, 0.15) is 134 Å². The van der Waals surface area contributed by atoms with Crippen molar-refractivity contribution in [3.63, 3.8) is 0 Å². The molecule has 0 bridgehead atoms. The minimum atomic E-state index is -5.29. The molecule has 0 saturated carbocycles. The second kappa shape index (κ2) is 24.2. The molecule has 0 rings (SSSR count). The molecule has 2 unspecified atom stereocenters. The Morgan fingerprint density at radius 2 is 0.903 bits per heavy atom. The van der Waals surface area contributed by atoms with Gasteiger partial charge in [-0.1, -0.05) is 122 Å². The summed E-state index contributed by atoms with van der Waals surface area (Å²) in [6.07, 6.45) is -7.98. The molecule has 0 nitrogen and oxygen atoms in total. The zero-order valence-electron chi connectivity index (χ0n) is 22.6. The molecule has 0 aliphatic heterocycles. The lowest BCUT2D eigenvalue weighted by molar-refractivity contribution is -0.377. The van der Waals surface area contributed by atoms with Crippen molar-refractivity contribution in [3.8, 4) is 0 Å². The summed E-state index contributed by atoms with van der Waals surface area (Å²) in [5.41, 5.74) is -3.60. The van der Waals surface area contributed by atoms with Gasteiger partial charge in [0.15, 0.2) is 5.41 Å². The molecule has 0 aromatic heterocycles. The molecular formula is C25H54F6. The number of unbranched alkanes of at least 4 members (excludes halogenated alkanes) is 3. The van der Waals surface area contributed by atoms with Crippen molar-refractivity contribution < 1.29 is 26.3 Å². The predicted octanol–water partition coefficient (Wildman–Crippen LogP) is 11.6. The lowest BCUT2D eigenvalue weighted by Gasteiger charge is -2.47. The Balaban J connectivity index is -0.000000250. The zero-order valence-corrected chi connectivity index (χ0v) is 22.6. The van der Waals surface area contributed by atoms with Crippen LogP contribution in [0.5, 0.6) is 0 Å². The average molecular weight is 469 g/mol. The van der Waals surface area contributed by atoms with Crippen molar-refractivity contribution >= 4 is 0 Å². The Bertz CT molecular complexity index is 307. The van der Waals surface area contributed by atoms with Gasteiger partial charge in [-0.15, -0.1) is 0 Å². The molecule has 6 heteroatoms. The predicted molar refractivity (Wildman–Crippen MR) is 127 cm³/mol. The van der Waals surface area contributed by atoms with Crippen molar-refractivity contribution in [2.45, 2.75) is 147 Å². The molecule has 0 fully saturated rings. The molecule has 2 atom stereocenters. The van der Waals surface area contributed by atoms with Gasteiger partial charge in [0.05, 0.1) is 0 Å². The van der Waals surface area contributed by atoms with Crippen LogP contribution >= 0.6 is 0 Å². The summed E-state index contributed by atoms with van der Waals surface area (Å²) in [4.78, 5) is 0. The van der Waals surface area contributed by atoms with Gasteiger partial charge < -0.3 is 0 Å². The fourth-order valence-electron chi connectivity index (χ4n) is 3.72. The monoisotopic (exact) mass is 468 g/mol. The van der Waals surface area contributed by atoms with Crippen molar-refractivity contribution in [1.29, 1.82) is 0 Å². The second-order valence-electron chi connectivity index (χ2n) is 6.51. The van der Waals surface area contributed by atoms with E-state index in [4.69, 9.17) is 0 Å². The van der Waals surface area contributed by atoms with Crippen molar-refractivity contribution in [2.24, 2.45) is 17.3 Å². The largest absolute Gasteiger partial charge is 0.403 e. The van der Waals surface area contributed by atoms with Gasteiger partial charge in [0.1, 0.15) is 0 Å². The van der Waals surface area contributed by atoms with Gasteiger partial charge in [-0.05, 0) is 24.7 Å². The van der Waals surface area contributed by atoms with E-state index in [1.165, 1.54) is 6.92 Å². The molecule has 31 heavy (non-hydrogen) atoms. The molecule has 0 saturated heterocycles. The van der Waals surface area contributed by atoms with Gasteiger partial charge in [0.25, 0.3) is 0 Å². The average Bonchev–Trinajstić information content (AvgIpc) is 2.75. The van der Waals surface area contributed by atoms with E-state index >= 15 is 0 Å². The Labute approximate surface area is 191 Å². The third-order valence-electron chi connectivity index (χ3n) is 5.00. The Hall–Kier alpha value is -0.420. The topological polar surface area (TPSA) is 0 Å². The zero-order chi connectivity index (χ0) is 26.3. The van der Waals surface area contributed by atoms with E-state index in [0.29, 0.717) is 25.7 Å². The van der Waals surface area contributed by atoms with E-state index in [1.807, 2.05) is 62.3 Å². The lowest BCUT2D eigenvalue weighted by atomic mass is 9.62. The van der Waals surface area contributed by atoms with Crippen LogP contribution in [0.15, 0.2) is 0 Å². The second-order valence-corrected chi connectivity index (χ2v) is 6.51. The molecule has 0 radical (unpaired) electrons. The summed E-state index contributed by atoms with van der Waals surface area (Å²) in [7, 11) is 0. The van der Waals surface area contributed by atoms with E-state index in [2.05, 4.69) is 0 Å². The van der Waals surface area contributed by atoms with Crippen molar-refractivity contribution in [3.05, 3.63) is 0 Å². The molecule has 0 heterocycles. The smallest absolute Gasteiger partial charge is 0.170 e. The summed E-state index contributed by atoms with van der Waals surface area (Å²) in [5, 5.41) is 0. The molecule has 0 aliphatic carbocycles. The van der Waals surface area contributed by atoms with Gasteiger partial charge in [0, 0.05) is 0 Å². The fourth-order valence-corrected chi connectivity index (χ4v) is 3.72. The number of hydrogen-bond donors (Lipinski definition) is 0. The van der Waals surface area contributed by atoms with Crippen LogP contribution in [-0.2, 0) is 0 Å². The Morgan fingerprint density at radius 3 is 1.16 bits per heavy atom. The third kappa shape index (κ3) is 13.7. The highest BCUT2D eigenvalue weighted by molar-refractivity contribution is 5.01.